The highest BCUT2D eigenvalue weighted by Crippen LogP contribution is 2.50. The van der Waals surface area contributed by atoms with Gasteiger partial charge in [-0.25, -0.2) is 0 Å². The molecule has 0 aromatic heterocycles. The van der Waals surface area contributed by atoms with E-state index in [1.54, 1.807) is 0 Å². The molecule has 3 rings (SSSR count). The van der Waals surface area contributed by atoms with Crippen molar-refractivity contribution in [2.45, 2.75) is 31.7 Å². The second-order valence-corrected chi connectivity index (χ2v) is 7.53. The number of halogens is 1. The fourth-order valence-corrected chi connectivity index (χ4v) is 4.59. The maximum Gasteiger partial charge on any atom is 0.247 e. The molecular formula is C23H22ClOSi. The summed E-state index contributed by atoms with van der Waals surface area (Å²) in [6.07, 6.45) is -0.399. The van der Waals surface area contributed by atoms with Crippen LogP contribution in [0.2, 0.25) is 0 Å². The van der Waals surface area contributed by atoms with E-state index in [0.717, 1.165) is 33.4 Å². The van der Waals surface area contributed by atoms with Gasteiger partial charge in [0.05, 0.1) is 6.10 Å². The molecule has 0 aliphatic carbocycles. The summed E-state index contributed by atoms with van der Waals surface area (Å²) in [6.45, 7) is 6.27. The van der Waals surface area contributed by atoms with Crippen LogP contribution in [0.5, 0.6) is 0 Å². The summed E-state index contributed by atoms with van der Waals surface area (Å²) < 4.78 is 5.87. The molecule has 131 valence electrons. The quantitative estimate of drug-likeness (QED) is 0.395. The molecule has 0 amide bonds. The zero-order valence-electron chi connectivity index (χ0n) is 15.3. The van der Waals surface area contributed by atoms with Gasteiger partial charge < -0.3 is 4.43 Å². The SMILES string of the molecule is Cc1ccccc1C(O[Si])C(Cl)(c1ccccc1C)c1ccccc1C. The predicted molar refractivity (Wildman–Crippen MR) is 110 cm³/mol. The Kier molecular flexibility index (Phi) is 5.66. The smallest absolute Gasteiger partial charge is 0.247 e. The van der Waals surface area contributed by atoms with Crippen LogP contribution >= 0.6 is 11.6 Å². The topological polar surface area (TPSA) is 9.23 Å². The molecule has 0 spiro atoms. The summed E-state index contributed by atoms with van der Waals surface area (Å²) in [5.74, 6) is 0. The molecule has 1 unspecified atom stereocenters. The van der Waals surface area contributed by atoms with Gasteiger partial charge in [-0.3, -0.25) is 0 Å². The monoisotopic (exact) mass is 377 g/mol. The van der Waals surface area contributed by atoms with Gasteiger partial charge in [-0.05, 0) is 54.2 Å². The van der Waals surface area contributed by atoms with Gasteiger partial charge in [0.1, 0.15) is 4.87 Å². The van der Waals surface area contributed by atoms with Crippen LogP contribution in [0.4, 0.5) is 0 Å². The standard InChI is InChI=1S/C23H22ClOSi/c1-16-10-4-7-13-19(16)22(25-26)23(24,20-14-8-5-11-17(20)2)21-15-9-6-12-18(21)3/h4-15,22H,1-3H3. The Morgan fingerprint density at radius 1 is 0.731 bits per heavy atom. The zero-order valence-corrected chi connectivity index (χ0v) is 17.0. The Labute approximate surface area is 164 Å². The van der Waals surface area contributed by atoms with E-state index in [0.29, 0.717) is 0 Å². The van der Waals surface area contributed by atoms with Crippen LogP contribution in [0, 0.1) is 20.8 Å². The van der Waals surface area contributed by atoms with Crippen molar-refractivity contribution in [3.05, 3.63) is 106 Å². The summed E-state index contributed by atoms with van der Waals surface area (Å²) in [4.78, 5) is -0.870. The minimum atomic E-state index is -0.870. The molecular weight excluding hydrogens is 356 g/mol. The molecule has 3 radical (unpaired) electrons. The van der Waals surface area contributed by atoms with E-state index in [-0.39, 0.29) is 0 Å². The van der Waals surface area contributed by atoms with E-state index < -0.39 is 11.0 Å². The van der Waals surface area contributed by atoms with Crippen molar-refractivity contribution < 1.29 is 4.43 Å². The lowest BCUT2D eigenvalue weighted by molar-refractivity contribution is 0.185. The first-order chi connectivity index (χ1) is 12.5. The summed E-state index contributed by atoms with van der Waals surface area (Å²) in [5.41, 5.74) is 6.55. The van der Waals surface area contributed by atoms with Gasteiger partial charge in [-0.2, -0.15) is 0 Å². The summed E-state index contributed by atoms with van der Waals surface area (Å²) in [6, 6.07) is 24.7. The van der Waals surface area contributed by atoms with Crippen molar-refractivity contribution in [3.8, 4) is 0 Å². The number of rotatable bonds is 5. The predicted octanol–water partition coefficient (Wildman–Crippen LogP) is 5.94. The van der Waals surface area contributed by atoms with E-state index >= 15 is 0 Å². The molecule has 3 aromatic carbocycles. The Balaban J connectivity index is 2.33. The first kappa shape index (κ1) is 18.9. The minimum Gasteiger partial charge on any atom is -0.409 e. The molecule has 0 aliphatic heterocycles. The Bertz CT molecular complexity index is 860. The van der Waals surface area contributed by atoms with Crippen LogP contribution in [-0.4, -0.2) is 10.5 Å². The molecule has 0 saturated heterocycles. The molecule has 26 heavy (non-hydrogen) atoms. The van der Waals surface area contributed by atoms with Crippen molar-refractivity contribution in [2.24, 2.45) is 0 Å². The highest BCUT2D eigenvalue weighted by Gasteiger charge is 2.43. The number of hydrogen-bond acceptors (Lipinski definition) is 1. The van der Waals surface area contributed by atoms with Crippen LogP contribution in [0.3, 0.4) is 0 Å². The van der Waals surface area contributed by atoms with Gasteiger partial charge in [-0.1, -0.05) is 72.8 Å². The number of benzene rings is 3. The largest absolute Gasteiger partial charge is 0.409 e. The average Bonchev–Trinajstić information content (AvgIpc) is 2.64. The first-order valence-electron chi connectivity index (χ1n) is 8.69. The lowest BCUT2D eigenvalue weighted by Gasteiger charge is -2.38. The molecule has 1 nitrogen and oxygen atoms in total. The fourth-order valence-electron chi connectivity index (χ4n) is 3.63. The Morgan fingerprint density at radius 2 is 1.15 bits per heavy atom. The second kappa shape index (κ2) is 7.79. The third-order valence-electron chi connectivity index (χ3n) is 5.02. The van der Waals surface area contributed by atoms with Crippen molar-refractivity contribution in [2.75, 3.05) is 0 Å². The molecule has 3 aromatic rings. The van der Waals surface area contributed by atoms with Gasteiger partial charge >= 0.3 is 0 Å². The summed E-state index contributed by atoms with van der Waals surface area (Å²) in [5, 5.41) is 0. The highest BCUT2D eigenvalue weighted by atomic mass is 35.5. The number of alkyl halides is 1. The zero-order chi connectivity index (χ0) is 18.7. The van der Waals surface area contributed by atoms with Crippen molar-refractivity contribution in [1.82, 2.24) is 0 Å². The van der Waals surface area contributed by atoms with Crippen molar-refractivity contribution in [1.29, 1.82) is 0 Å². The van der Waals surface area contributed by atoms with Crippen LogP contribution in [0.25, 0.3) is 0 Å². The summed E-state index contributed by atoms with van der Waals surface area (Å²) in [7, 11) is 3.34. The average molecular weight is 378 g/mol. The molecule has 1 atom stereocenters. The fraction of sp³-hybridized carbons (Fsp3) is 0.217. The molecule has 3 heteroatoms. The third-order valence-corrected chi connectivity index (χ3v) is 5.87. The molecule has 0 heterocycles. The maximum atomic E-state index is 7.52. The first-order valence-corrected chi connectivity index (χ1v) is 9.47. The molecule has 0 fully saturated rings. The Morgan fingerprint density at radius 3 is 1.58 bits per heavy atom. The van der Waals surface area contributed by atoms with E-state index in [4.69, 9.17) is 16.0 Å². The molecule has 0 N–H and O–H groups in total. The van der Waals surface area contributed by atoms with E-state index in [1.807, 2.05) is 36.4 Å². The molecule has 0 aliphatic rings. The number of aryl methyl sites for hydroxylation is 3. The second-order valence-electron chi connectivity index (χ2n) is 6.70. The van der Waals surface area contributed by atoms with Gasteiger partial charge in [0, 0.05) is 0 Å². The van der Waals surface area contributed by atoms with E-state index in [2.05, 4.69) is 67.7 Å². The van der Waals surface area contributed by atoms with Crippen LogP contribution in [0.15, 0.2) is 72.8 Å². The van der Waals surface area contributed by atoms with E-state index in [1.165, 1.54) is 0 Å². The maximum absolute atomic E-state index is 7.52. The molecule has 0 bridgehead atoms. The normalized spacial score (nSPS) is 12.8. The van der Waals surface area contributed by atoms with Gasteiger partial charge in [0.15, 0.2) is 0 Å². The van der Waals surface area contributed by atoms with E-state index in [9.17, 15) is 0 Å². The molecule has 0 saturated carbocycles. The van der Waals surface area contributed by atoms with Crippen LogP contribution < -0.4 is 0 Å². The van der Waals surface area contributed by atoms with Crippen LogP contribution in [0.1, 0.15) is 39.5 Å². The Hall–Kier alpha value is -1.87. The van der Waals surface area contributed by atoms with Gasteiger partial charge in [0.25, 0.3) is 0 Å². The van der Waals surface area contributed by atoms with Gasteiger partial charge in [0.2, 0.25) is 10.5 Å². The van der Waals surface area contributed by atoms with Crippen molar-refractivity contribution >= 4 is 22.1 Å². The lowest BCUT2D eigenvalue weighted by Crippen LogP contribution is -2.33. The van der Waals surface area contributed by atoms with Gasteiger partial charge in [-0.15, -0.1) is 11.6 Å². The lowest BCUT2D eigenvalue weighted by atomic mass is 9.78. The van der Waals surface area contributed by atoms with Crippen molar-refractivity contribution in [3.63, 3.8) is 0 Å². The summed E-state index contributed by atoms with van der Waals surface area (Å²) >= 11 is 7.52. The third kappa shape index (κ3) is 3.25. The number of hydrogen-bond donors (Lipinski definition) is 0. The highest BCUT2D eigenvalue weighted by molar-refractivity contribution is 6.27. The van der Waals surface area contributed by atoms with Crippen LogP contribution in [-0.2, 0) is 9.30 Å². The minimum absolute atomic E-state index is 0.399.